The van der Waals surface area contributed by atoms with Gasteiger partial charge in [-0.3, -0.25) is 9.69 Å². The number of halogens is 3. The highest BCUT2D eigenvalue weighted by molar-refractivity contribution is 9.10. The van der Waals surface area contributed by atoms with Crippen LogP contribution in [0.15, 0.2) is 52.3 Å². The number of nitrogens with zero attached hydrogens (tertiary/aromatic N) is 2. The molecule has 8 heteroatoms. The van der Waals surface area contributed by atoms with Crippen molar-refractivity contribution >= 4 is 67.2 Å². The van der Waals surface area contributed by atoms with Crippen molar-refractivity contribution in [3.8, 4) is 5.75 Å². The third-order valence-corrected chi connectivity index (χ3v) is 5.35. The zero-order valence-corrected chi connectivity index (χ0v) is 17.5. The van der Waals surface area contributed by atoms with E-state index in [9.17, 15) is 4.79 Å². The quantitative estimate of drug-likeness (QED) is 0.427. The number of carbonyl (C=O) groups is 1. The molecule has 0 N–H and O–H groups in total. The summed E-state index contributed by atoms with van der Waals surface area (Å²) in [6.07, 6.45) is 0. The smallest absolute Gasteiger partial charge is 0.230 e. The van der Waals surface area contributed by atoms with Gasteiger partial charge in [-0.05, 0) is 52.3 Å². The minimum absolute atomic E-state index is 0.144. The number of hydrogen-bond donors (Lipinski definition) is 0. The fourth-order valence-electron chi connectivity index (χ4n) is 2.25. The summed E-state index contributed by atoms with van der Waals surface area (Å²) in [6.45, 7) is 1.77. The third kappa shape index (κ3) is 4.57. The first-order valence-corrected chi connectivity index (χ1v) is 9.95. The fourth-order valence-corrected chi connectivity index (χ4v) is 4.10. The molecule has 3 aromatic rings. The average Bonchev–Trinajstić information content (AvgIpc) is 3.02. The molecular formula is C18H13BrCl2N2O2S. The van der Waals surface area contributed by atoms with Crippen LogP contribution < -0.4 is 9.64 Å². The number of aromatic nitrogens is 1. The molecule has 0 aliphatic heterocycles. The third-order valence-electron chi connectivity index (χ3n) is 3.38. The lowest BCUT2D eigenvalue weighted by molar-refractivity contribution is -0.115. The van der Waals surface area contributed by atoms with Crippen molar-refractivity contribution in [2.45, 2.75) is 13.5 Å². The van der Waals surface area contributed by atoms with E-state index in [-0.39, 0.29) is 12.5 Å². The van der Waals surface area contributed by atoms with E-state index in [2.05, 4.69) is 20.9 Å². The molecule has 0 aliphatic carbocycles. The van der Waals surface area contributed by atoms with Crippen LogP contribution in [0.25, 0.3) is 0 Å². The number of thiazole rings is 1. The lowest BCUT2D eigenvalue weighted by Gasteiger charge is -2.18. The molecule has 134 valence electrons. The van der Waals surface area contributed by atoms with E-state index in [0.717, 1.165) is 10.2 Å². The highest BCUT2D eigenvalue weighted by atomic mass is 79.9. The highest BCUT2D eigenvalue weighted by Crippen LogP contribution is 2.32. The average molecular weight is 472 g/mol. The van der Waals surface area contributed by atoms with E-state index in [1.54, 1.807) is 36.4 Å². The molecule has 1 aromatic heterocycles. The maximum atomic E-state index is 12.1. The normalized spacial score (nSPS) is 10.6. The molecule has 0 atom stereocenters. The second-order valence-corrected chi connectivity index (χ2v) is 7.88. The second-order valence-electron chi connectivity index (χ2n) is 5.32. The Labute approximate surface area is 173 Å². The summed E-state index contributed by atoms with van der Waals surface area (Å²) in [5.41, 5.74) is 1.40. The zero-order valence-electron chi connectivity index (χ0n) is 13.6. The van der Waals surface area contributed by atoms with Gasteiger partial charge in [0.15, 0.2) is 5.13 Å². The molecule has 0 saturated carbocycles. The number of ether oxygens (including phenoxy) is 1. The molecule has 1 heterocycles. The van der Waals surface area contributed by atoms with Crippen LogP contribution in [0.2, 0.25) is 10.0 Å². The van der Waals surface area contributed by atoms with E-state index in [4.69, 9.17) is 27.9 Å². The van der Waals surface area contributed by atoms with E-state index >= 15 is 0 Å². The van der Waals surface area contributed by atoms with Gasteiger partial charge < -0.3 is 4.74 Å². The molecule has 0 bridgehead atoms. The molecule has 2 aromatic carbocycles. The van der Waals surface area contributed by atoms with Gasteiger partial charge in [-0.25, -0.2) is 4.98 Å². The number of benzene rings is 2. The van der Waals surface area contributed by atoms with Crippen LogP contribution in [0.4, 0.5) is 10.8 Å². The van der Waals surface area contributed by atoms with Crippen LogP contribution in [-0.2, 0) is 11.4 Å². The van der Waals surface area contributed by atoms with Gasteiger partial charge >= 0.3 is 0 Å². The summed E-state index contributed by atoms with van der Waals surface area (Å²) in [7, 11) is 0. The van der Waals surface area contributed by atoms with Gasteiger partial charge in [0, 0.05) is 22.3 Å². The van der Waals surface area contributed by atoms with Gasteiger partial charge in [-0.2, -0.15) is 0 Å². The highest BCUT2D eigenvalue weighted by Gasteiger charge is 2.18. The first-order chi connectivity index (χ1) is 12.4. The van der Waals surface area contributed by atoms with E-state index in [1.807, 2.05) is 11.4 Å². The number of anilines is 2. The summed E-state index contributed by atoms with van der Waals surface area (Å²) in [5.74, 6) is 0.525. The Morgan fingerprint density at radius 3 is 2.69 bits per heavy atom. The molecule has 0 unspecified atom stereocenters. The van der Waals surface area contributed by atoms with Crippen LogP contribution >= 0.6 is 50.5 Å². The maximum Gasteiger partial charge on any atom is 0.230 e. The van der Waals surface area contributed by atoms with Crippen LogP contribution in [0.1, 0.15) is 12.6 Å². The summed E-state index contributed by atoms with van der Waals surface area (Å²) in [4.78, 5) is 18.2. The lowest BCUT2D eigenvalue weighted by atomic mass is 10.3. The van der Waals surface area contributed by atoms with Gasteiger partial charge in [0.2, 0.25) is 5.91 Å². The summed E-state index contributed by atoms with van der Waals surface area (Å²) >= 11 is 16.7. The molecule has 26 heavy (non-hydrogen) atoms. The number of hydrogen-bond acceptors (Lipinski definition) is 4. The Hall–Kier alpha value is -1.60. The van der Waals surface area contributed by atoms with Crippen LogP contribution in [-0.4, -0.2) is 10.9 Å². The Bertz CT molecular complexity index is 948. The van der Waals surface area contributed by atoms with E-state index < -0.39 is 0 Å². The monoisotopic (exact) mass is 470 g/mol. The molecular weight excluding hydrogens is 459 g/mol. The largest absolute Gasteiger partial charge is 0.486 e. The van der Waals surface area contributed by atoms with Crippen molar-refractivity contribution in [2.75, 3.05) is 4.90 Å². The van der Waals surface area contributed by atoms with E-state index in [1.165, 1.54) is 23.2 Å². The van der Waals surface area contributed by atoms with Crippen LogP contribution in [0.5, 0.6) is 5.75 Å². The van der Waals surface area contributed by atoms with Crippen molar-refractivity contribution in [1.29, 1.82) is 0 Å². The Kier molecular flexibility index (Phi) is 6.19. The molecule has 0 radical (unpaired) electrons. The van der Waals surface area contributed by atoms with Gasteiger partial charge in [0.1, 0.15) is 12.4 Å². The zero-order chi connectivity index (χ0) is 18.7. The minimum atomic E-state index is -0.144. The van der Waals surface area contributed by atoms with Crippen molar-refractivity contribution in [2.24, 2.45) is 0 Å². The van der Waals surface area contributed by atoms with E-state index in [0.29, 0.717) is 26.6 Å². The predicted molar refractivity (Wildman–Crippen MR) is 110 cm³/mol. The van der Waals surface area contributed by atoms with Crippen molar-refractivity contribution in [3.05, 3.63) is 68.1 Å². The summed E-state index contributed by atoms with van der Waals surface area (Å²) < 4.78 is 6.54. The second kappa shape index (κ2) is 8.39. The molecule has 0 aliphatic rings. The standard InChI is InChI=1S/C18H13BrCl2N2O2S/c1-11(24)23(15-4-2-3-12(20)7-15)18-22-14(10-26-18)9-25-17-6-5-13(21)8-16(17)19/h2-8,10H,9H2,1H3. The first-order valence-electron chi connectivity index (χ1n) is 7.52. The molecule has 1 amide bonds. The molecule has 0 fully saturated rings. The molecule has 0 spiro atoms. The number of rotatable bonds is 5. The topological polar surface area (TPSA) is 42.4 Å². The van der Waals surface area contributed by atoms with Gasteiger partial charge in [-0.15, -0.1) is 11.3 Å². The molecule has 4 nitrogen and oxygen atoms in total. The summed E-state index contributed by atoms with van der Waals surface area (Å²) in [5, 5.41) is 3.60. The van der Waals surface area contributed by atoms with Gasteiger partial charge in [-0.1, -0.05) is 29.3 Å². The predicted octanol–water partition coefficient (Wildman–Crippen LogP) is 6.48. The van der Waals surface area contributed by atoms with Crippen molar-refractivity contribution in [1.82, 2.24) is 4.98 Å². The van der Waals surface area contributed by atoms with Crippen LogP contribution in [0.3, 0.4) is 0 Å². The van der Waals surface area contributed by atoms with Crippen molar-refractivity contribution < 1.29 is 9.53 Å². The molecule has 3 rings (SSSR count). The first kappa shape index (κ1) is 19.2. The Balaban J connectivity index is 1.78. The molecule has 0 saturated heterocycles. The SMILES string of the molecule is CC(=O)N(c1cccc(Cl)c1)c1nc(COc2ccc(Cl)cc2Br)cs1. The van der Waals surface area contributed by atoms with Crippen LogP contribution in [0, 0.1) is 0 Å². The Morgan fingerprint density at radius 1 is 1.23 bits per heavy atom. The maximum absolute atomic E-state index is 12.1. The Morgan fingerprint density at radius 2 is 2.00 bits per heavy atom. The summed E-state index contributed by atoms with van der Waals surface area (Å²) in [6, 6.07) is 12.4. The van der Waals surface area contributed by atoms with Gasteiger partial charge in [0.05, 0.1) is 15.9 Å². The minimum Gasteiger partial charge on any atom is -0.486 e. The van der Waals surface area contributed by atoms with Crippen molar-refractivity contribution in [3.63, 3.8) is 0 Å². The lowest BCUT2D eigenvalue weighted by Crippen LogP contribution is -2.22. The number of carbonyl (C=O) groups excluding carboxylic acids is 1. The van der Waals surface area contributed by atoms with Gasteiger partial charge in [0.25, 0.3) is 0 Å². The number of amides is 1. The fraction of sp³-hybridized carbons (Fsp3) is 0.111.